The molecule has 0 radical (unpaired) electrons. The van der Waals surface area contributed by atoms with Gasteiger partial charge in [-0.1, -0.05) is 6.07 Å². The number of hydrogen-bond acceptors (Lipinski definition) is 6. The number of nitrogens with one attached hydrogen (secondary N) is 2. The number of ether oxygens (including phenoxy) is 2. The number of hydrogen-bond donors (Lipinski definition) is 3. The molecule has 1 heterocycles. The summed E-state index contributed by atoms with van der Waals surface area (Å²) in [6.07, 6.45) is 1.30. The van der Waals surface area contributed by atoms with Crippen molar-refractivity contribution in [2.45, 2.75) is 0 Å². The molecule has 7 nitrogen and oxygen atoms in total. The van der Waals surface area contributed by atoms with Gasteiger partial charge in [-0.2, -0.15) is 5.26 Å². The Morgan fingerprint density at radius 3 is 2.79 bits per heavy atom. The molecule has 0 aliphatic carbocycles. The number of amides is 1. The van der Waals surface area contributed by atoms with Crippen LogP contribution in [0.15, 0.2) is 54.2 Å². The Kier molecular flexibility index (Phi) is 4.21. The molecule has 3 N–H and O–H groups in total. The number of aromatic hydroxyl groups is 1. The average molecular weight is 323 g/mol. The topological polar surface area (TPSA) is 104 Å². The first kappa shape index (κ1) is 15.2. The molecule has 0 atom stereocenters. The molecule has 0 spiro atoms. The first-order chi connectivity index (χ1) is 11.7. The molecule has 0 fully saturated rings. The predicted octanol–water partition coefficient (Wildman–Crippen LogP) is 2.58. The molecule has 1 amide bonds. The highest BCUT2D eigenvalue weighted by molar-refractivity contribution is 6.06. The largest absolute Gasteiger partial charge is 0.508 e. The highest BCUT2D eigenvalue weighted by Crippen LogP contribution is 2.34. The summed E-state index contributed by atoms with van der Waals surface area (Å²) < 4.78 is 10.5. The number of benzene rings is 2. The van der Waals surface area contributed by atoms with Crippen molar-refractivity contribution in [1.29, 1.82) is 5.26 Å². The fourth-order valence-electron chi connectivity index (χ4n) is 2.07. The molecule has 0 aromatic heterocycles. The van der Waals surface area contributed by atoms with Crippen LogP contribution in [0.3, 0.4) is 0 Å². The third-order valence-electron chi connectivity index (χ3n) is 3.22. The summed E-state index contributed by atoms with van der Waals surface area (Å²) in [7, 11) is 0. The van der Waals surface area contributed by atoms with Gasteiger partial charge in [0.05, 0.1) is 0 Å². The summed E-state index contributed by atoms with van der Waals surface area (Å²) in [6, 6.07) is 13.1. The molecule has 7 heteroatoms. The summed E-state index contributed by atoms with van der Waals surface area (Å²) in [5, 5.41) is 23.9. The number of phenols is 1. The lowest BCUT2D eigenvalue weighted by molar-refractivity contribution is -0.112. The smallest absolute Gasteiger partial charge is 0.267 e. The lowest BCUT2D eigenvalue weighted by Gasteiger charge is -2.06. The van der Waals surface area contributed by atoms with Crippen molar-refractivity contribution in [3.8, 4) is 23.3 Å². The molecule has 0 bridgehead atoms. The van der Waals surface area contributed by atoms with E-state index in [0.717, 1.165) is 0 Å². The molecule has 2 aromatic rings. The zero-order valence-corrected chi connectivity index (χ0v) is 12.4. The van der Waals surface area contributed by atoms with Crippen molar-refractivity contribution >= 4 is 17.3 Å². The fourth-order valence-corrected chi connectivity index (χ4v) is 2.07. The van der Waals surface area contributed by atoms with E-state index in [4.69, 9.17) is 14.7 Å². The highest BCUT2D eigenvalue weighted by atomic mass is 16.7. The first-order valence-electron chi connectivity index (χ1n) is 7.02. The van der Waals surface area contributed by atoms with E-state index in [1.807, 2.05) is 6.07 Å². The fraction of sp³-hybridized carbons (Fsp3) is 0.0588. The number of carbonyl (C=O) groups excluding carboxylic acids is 1. The second kappa shape index (κ2) is 6.62. The maximum atomic E-state index is 12.1. The van der Waals surface area contributed by atoms with Gasteiger partial charge in [-0.25, -0.2) is 0 Å². The first-order valence-corrected chi connectivity index (χ1v) is 7.02. The molecular weight excluding hydrogens is 310 g/mol. The van der Waals surface area contributed by atoms with Gasteiger partial charge in [0.2, 0.25) is 6.79 Å². The zero-order chi connectivity index (χ0) is 16.9. The Bertz CT molecular complexity index is 855. The van der Waals surface area contributed by atoms with Crippen LogP contribution < -0.4 is 20.1 Å². The van der Waals surface area contributed by atoms with Crippen LogP contribution in [0.4, 0.5) is 11.4 Å². The third kappa shape index (κ3) is 3.39. The van der Waals surface area contributed by atoms with Crippen LogP contribution in [-0.2, 0) is 4.79 Å². The van der Waals surface area contributed by atoms with Crippen molar-refractivity contribution in [2.75, 3.05) is 17.4 Å². The number of rotatable bonds is 4. The Morgan fingerprint density at radius 2 is 2.00 bits per heavy atom. The second-order valence-corrected chi connectivity index (χ2v) is 4.89. The highest BCUT2D eigenvalue weighted by Gasteiger charge is 2.13. The van der Waals surface area contributed by atoms with Gasteiger partial charge in [0.1, 0.15) is 17.4 Å². The van der Waals surface area contributed by atoms with Gasteiger partial charge in [0.15, 0.2) is 11.5 Å². The monoisotopic (exact) mass is 323 g/mol. The number of anilines is 2. The van der Waals surface area contributed by atoms with Crippen LogP contribution in [0.1, 0.15) is 0 Å². The van der Waals surface area contributed by atoms with Gasteiger partial charge in [0, 0.05) is 29.7 Å². The number of nitriles is 1. The van der Waals surface area contributed by atoms with E-state index in [2.05, 4.69) is 10.6 Å². The van der Waals surface area contributed by atoms with E-state index in [0.29, 0.717) is 22.9 Å². The van der Waals surface area contributed by atoms with Crippen molar-refractivity contribution in [1.82, 2.24) is 0 Å². The zero-order valence-electron chi connectivity index (χ0n) is 12.4. The lowest BCUT2D eigenvalue weighted by Crippen LogP contribution is -2.14. The van der Waals surface area contributed by atoms with E-state index in [9.17, 15) is 9.90 Å². The van der Waals surface area contributed by atoms with E-state index >= 15 is 0 Å². The SMILES string of the molecule is N#C/C(=C/Nc1ccc2c(c1)OCO2)C(=O)Nc1cccc(O)c1. The Morgan fingerprint density at radius 1 is 1.17 bits per heavy atom. The van der Waals surface area contributed by atoms with Gasteiger partial charge < -0.3 is 25.2 Å². The Balaban J connectivity index is 1.70. The Hall–Kier alpha value is -3.66. The minimum atomic E-state index is -0.587. The van der Waals surface area contributed by atoms with E-state index in [-0.39, 0.29) is 18.1 Å². The minimum absolute atomic E-state index is 0.0220. The van der Waals surface area contributed by atoms with Crippen LogP contribution in [0.2, 0.25) is 0 Å². The summed E-state index contributed by atoms with van der Waals surface area (Å²) in [6.45, 7) is 0.171. The van der Waals surface area contributed by atoms with E-state index in [1.54, 1.807) is 30.3 Å². The number of phenolic OH excluding ortho intramolecular Hbond substituents is 1. The molecule has 24 heavy (non-hydrogen) atoms. The molecule has 2 aromatic carbocycles. The molecule has 120 valence electrons. The van der Waals surface area contributed by atoms with Crippen LogP contribution >= 0.6 is 0 Å². The maximum Gasteiger partial charge on any atom is 0.267 e. The van der Waals surface area contributed by atoms with Gasteiger partial charge in [-0.15, -0.1) is 0 Å². The summed E-state index contributed by atoms with van der Waals surface area (Å²) in [5.41, 5.74) is 0.928. The summed E-state index contributed by atoms with van der Waals surface area (Å²) in [5.74, 6) is 0.674. The van der Waals surface area contributed by atoms with E-state index < -0.39 is 5.91 Å². The van der Waals surface area contributed by atoms with Gasteiger partial charge in [0.25, 0.3) is 5.91 Å². The lowest BCUT2D eigenvalue weighted by atomic mass is 10.2. The van der Waals surface area contributed by atoms with Gasteiger partial charge in [-0.05, 0) is 24.3 Å². The van der Waals surface area contributed by atoms with Gasteiger partial charge >= 0.3 is 0 Å². The quantitative estimate of drug-likeness (QED) is 0.590. The van der Waals surface area contributed by atoms with Crippen LogP contribution in [0, 0.1) is 11.3 Å². The van der Waals surface area contributed by atoms with Crippen LogP contribution in [0.25, 0.3) is 0 Å². The molecular formula is C17H13N3O4. The molecule has 3 rings (SSSR count). The van der Waals surface area contributed by atoms with Crippen molar-refractivity contribution in [2.24, 2.45) is 0 Å². The van der Waals surface area contributed by atoms with Crippen LogP contribution in [-0.4, -0.2) is 17.8 Å². The van der Waals surface area contributed by atoms with Crippen LogP contribution in [0.5, 0.6) is 17.2 Å². The third-order valence-corrected chi connectivity index (χ3v) is 3.22. The predicted molar refractivity (Wildman–Crippen MR) is 86.6 cm³/mol. The normalized spacial score (nSPS) is 12.4. The van der Waals surface area contributed by atoms with E-state index in [1.165, 1.54) is 18.3 Å². The number of carbonyl (C=O) groups is 1. The molecule has 1 aliphatic heterocycles. The minimum Gasteiger partial charge on any atom is -0.508 e. The average Bonchev–Trinajstić information content (AvgIpc) is 3.03. The van der Waals surface area contributed by atoms with Crippen molar-refractivity contribution < 1.29 is 19.4 Å². The summed E-state index contributed by atoms with van der Waals surface area (Å²) in [4.78, 5) is 12.1. The standard InChI is InChI=1S/C17H13N3O4/c18-8-11(17(22)20-13-2-1-3-14(21)6-13)9-19-12-4-5-15-16(7-12)24-10-23-15/h1-7,9,19,21H,10H2,(H,20,22)/b11-9-. The second-order valence-electron chi connectivity index (χ2n) is 4.89. The maximum absolute atomic E-state index is 12.1. The van der Waals surface area contributed by atoms with Crippen molar-refractivity contribution in [3.63, 3.8) is 0 Å². The molecule has 0 unspecified atom stereocenters. The Labute approximate surface area is 137 Å². The van der Waals surface area contributed by atoms with Gasteiger partial charge in [-0.3, -0.25) is 4.79 Å². The number of nitrogens with zero attached hydrogens (tertiary/aromatic N) is 1. The van der Waals surface area contributed by atoms with Crippen molar-refractivity contribution in [3.05, 3.63) is 54.2 Å². The molecule has 0 saturated carbocycles. The number of fused-ring (bicyclic) bond motifs is 1. The molecule has 0 saturated heterocycles. The molecule has 1 aliphatic rings. The summed E-state index contributed by atoms with van der Waals surface area (Å²) >= 11 is 0.